The van der Waals surface area contributed by atoms with Gasteiger partial charge in [0.15, 0.2) is 0 Å². The molecule has 0 amide bonds. The van der Waals surface area contributed by atoms with Crippen LogP contribution in [0.15, 0.2) is 4.99 Å². The summed E-state index contributed by atoms with van der Waals surface area (Å²) in [6.45, 7) is 5.84. The van der Waals surface area contributed by atoms with Gasteiger partial charge in [0, 0.05) is 6.42 Å². The van der Waals surface area contributed by atoms with Crippen molar-refractivity contribution in [1.82, 2.24) is 0 Å². The van der Waals surface area contributed by atoms with Crippen LogP contribution in [-0.2, 0) is 9.53 Å². The number of esters is 1. The topological polar surface area (TPSA) is 38.7 Å². The molecule has 0 radical (unpaired) electrons. The van der Waals surface area contributed by atoms with Crippen molar-refractivity contribution in [2.24, 2.45) is 4.99 Å². The molecule has 3 heteroatoms. The van der Waals surface area contributed by atoms with E-state index in [1.54, 1.807) is 6.92 Å². The van der Waals surface area contributed by atoms with Crippen LogP contribution < -0.4 is 0 Å². The molecule has 0 N–H and O–H groups in total. The zero-order chi connectivity index (χ0) is 7.11. The van der Waals surface area contributed by atoms with E-state index < -0.39 is 0 Å². The lowest BCUT2D eigenvalue weighted by Gasteiger charge is -1.97. The number of carbonyl (C=O) groups is 1. The molecule has 0 unspecified atom stereocenters. The highest BCUT2D eigenvalue weighted by atomic mass is 16.5. The van der Waals surface area contributed by atoms with Gasteiger partial charge in [0.25, 0.3) is 0 Å². The van der Waals surface area contributed by atoms with E-state index in [9.17, 15) is 4.79 Å². The number of ether oxygens (including phenoxy) is 1. The molecule has 0 aliphatic carbocycles. The predicted molar refractivity (Wildman–Crippen MR) is 35.7 cm³/mol. The molecule has 3 nitrogen and oxygen atoms in total. The van der Waals surface area contributed by atoms with Gasteiger partial charge in [0.2, 0.25) is 0 Å². The van der Waals surface area contributed by atoms with Crippen molar-refractivity contribution in [3.8, 4) is 0 Å². The van der Waals surface area contributed by atoms with Crippen molar-refractivity contribution in [2.75, 3.05) is 13.2 Å². The van der Waals surface area contributed by atoms with Crippen LogP contribution in [-0.4, -0.2) is 25.8 Å². The third-order valence-electron chi connectivity index (χ3n) is 0.801. The maximum Gasteiger partial charge on any atom is 0.305 e. The SMILES string of the molecule is C=NCCOC(=O)CC. The molecule has 0 rings (SSSR count). The van der Waals surface area contributed by atoms with Gasteiger partial charge in [-0.3, -0.25) is 9.79 Å². The van der Waals surface area contributed by atoms with Crippen LogP contribution >= 0.6 is 0 Å². The molecule has 0 atom stereocenters. The minimum absolute atomic E-state index is 0.182. The second kappa shape index (κ2) is 5.28. The monoisotopic (exact) mass is 129 g/mol. The minimum atomic E-state index is -0.182. The Labute approximate surface area is 54.7 Å². The summed E-state index contributed by atoms with van der Waals surface area (Å²) < 4.78 is 4.66. The summed E-state index contributed by atoms with van der Waals surface area (Å²) >= 11 is 0. The van der Waals surface area contributed by atoms with Crippen molar-refractivity contribution in [2.45, 2.75) is 13.3 Å². The van der Waals surface area contributed by atoms with Crippen molar-refractivity contribution in [3.05, 3.63) is 0 Å². The smallest absolute Gasteiger partial charge is 0.305 e. The lowest BCUT2D eigenvalue weighted by atomic mass is 10.5. The Morgan fingerprint density at radius 3 is 2.89 bits per heavy atom. The normalized spacial score (nSPS) is 8.56. The third-order valence-corrected chi connectivity index (χ3v) is 0.801. The molecule has 0 fully saturated rings. The van der Waals surface area contributed by atoms with Crippen LogP contribution in [0, 0.1) is 0 Å². The van der Waals surface area contributed by atoms with Crippen LogP contribution in [0.1, 0.15) is 13.3 Å². The van der Waals surface area contributed by atoms with E-state index in [1.807, 2.05) is 0 Å². The molecule has 0 aliphatic rings. The molecular formula is C6H11NO2. The van der Waals surface area contributed by atoms with E-state index in [0.717, 1.165) is 0 Å². The quantitative estimate of drug-likeness (QED) is 0.317. The molecule has 52 valence electrons. The highest BCUT2D eigenvalue weighted by Gasteiger charge is 1.94. The predicted octanol–water partition coefficient (Wildman–Crippen LogP) is 0.640. The number of hydrogen-bond acceptors (Lipinski definition) is 3. The molecule has 0 aromatic rings. The fourth-order valence-corrected chi connectivity index (χ4v) is 0.326. The number of hydrogen-bond donors (Lipinski definition) is 0. The first kappa shape index (κ1) is 8.14. The Morgan fingerprint density at radius 1 is 1.78 bits per heavy atom. The number of carbonyl (C=O) groups excluding carboxylic acids is 1. The van der Waals surface area contributed by atoms with E-state index in [0.29, 0.717) is 19.6 Å². The summed E-state index contributed by atoms with van der Waals surface area (Å²) in [7, 11) is 0. The van der Waals surface area contributed by atoms with Crippen LogP contribution in [0.3, 0.4) is 0 Å². The average Bonchev–Trinajstić information content (AvgIpc) is 1.89. The molecule has 0 saturated heterocycles. The standard InChI is InChI=1S/C6H11NO2/c1-3-6(8)9-5-4-7-2/h2-5H2,1H3. The van der Waals surface area contributed by atoms with Gasteiger partial charge in [-0.2, -0.15) is 0 Å². The van der Waals surface area contributed by atoms with Crippen LogP contribution in [0.5, 0.6) is 0 Å². The highest BCUT2D eigenvalue weighted by Crippen LogP contribution is 1.82. The zero-order valence-corrected chi connectivity index (χ0v) is 5.59. The lowest BCUT2D eigenvalue weighted by Crippen LogP contribution is -2.05. The fourth-order valence-electron chi connectivity index (χ4n) is 0.326. The Balaban J connectivity index is 3.06. The van der Waals surface area contributed by atoms with Gasteiger partial charge in [0.05, 0.1) is 6.54 Å². The van der Waals surface area contributed by atoms with Gasteiger partial charge in [-0.1, -0.05) is 6.92 Å². The summed E-state index contributed by atoms with van der Waals surface area (Å²) in [6, 6.07) is 0. The van der Waals surface area contributed by atoms with Crippen LogP contribution in [0.2, 0.25) is 0 Å². The van der Waals surface area contributed by atoms with Gasteiger partial charge in [-0.25, -0.2) is 0 Å². The first-order chi connectivity index (χ1) is 4.31. The Kier molecular flexibility index (Phi) is 4.78. The van der Waals surface area contributed by atoms with Crippen molar-refractivity contribution >= 4 is 12.7 Å². The summed E-state index contributed by atoms with van der Waals surface area (Å²) in [5, 5.41) is 0. The highest BCUT2D eigenvalue weighted by molar-refractivity contribution is 5.68. The Hall–Kier alpha value is -0.860. The second-order valence-electron chi connectivity index (χ2n) is 1.52. The first-order valence-corrected chi connectivity index (χ1v) is 2.89. The van der Waals surface area contributed by atoms with Crippen molar-refractivity contribution < 1.29 is 9.53 Å². The van der Waals surface area contributed by atoms with E-state index in [2.05, 4.69) is 16.4 Å². The summed E-state index contributed by atoms with van der Waals surface area (Å²) in [6.07, 6.45) is 0.428. The molecule has 0 spiro atoms. The summed E-state index contributed by atoms with van der Waals surface area (Å²) in [5.74, 6) is -0.182. The van der Waals surface area contributed by atoms with E-state index in [-0.39, 0.29) is 5.97 Å². The summed E-state index contributed by atoms with van der Waals surface area (Å²) in [4.78, 5) is 13.9. The van der Waals surface area contributed by atoms with Crippen molar-refractivity contribution in [3.63, 3.8) is 0 Å². The van der Waals surface area contributed by atoms with Gasteiger partial charge >= 0.3 is 5.97 Å². The van der Waals surface area contributed by atoms with Gasteiger partial charge < -0.3 is 4.74 Å². The third kappa shape index (κ3) is 5.00. The lowest BCUT2D eigenvalue weighted by molar-refractivity contribution is -0.142. The number of aliphatic imine (C=N–C) groups is 1. The first-order valence-electron chi connectivity index (χ1n) is 2.89. The molecule has 0 aromatic carbocycles. The van der Waals surface area contributed by atoms with Crippen molar-refractivity contribution in [1.29, 1.82) is 0 Å². The Bertz CT molecular complexity index is 101. The largest absolute Gasteiger partial charge is 0.464 e. The molecule has 0 saturated carbocycles. The molecule has 0 heterocycles. The second-order valence-corrected chi connectivity index (χ2v) is 1.52. The Morgan fingerprint density at radius 2 is 2.44 bits per heavy atom. The van der Waals surface area contributed by atoms with Crippen LogP contribution in [0.4, 0.5) is 0 Å². The van der Waals surface area contributed by atoms with Crippen LogP contribution in [0.25, 0.3) is 0 Å². The molecule has 9 heavy (non-hydrogen) atoms. The van der Waals surface area contributed by atoms with Gasteiger partial charge in [0.1, 0.15) is 6.61 Å². The number of rotatable bonds is 4. The van der Waals surface area contributed by atoms with E-state index in [1.165, 1.54) is 0 Å². The molecule has 0 aliphatic heterocycles. The molecular weight excluding hydrogens is 118 g/mol. The molecule has 0 bridgehead atoms. The zero-order valence-electron chi connectivity index (χ0n) is 5.59. The van der Waals surface area contributed by atoms with E-state index in [4.69, 9.17) is 0 Å². The average molecular weight is 129 g/mol. The minimum Gasteiger partial charge on any atom is -0.464 e. The summed E-state index contributed by atoms with van der Waals surface area (Å²) in [5.41, 5.74) is 0. The maximum atomic E-state index is 10.4. The number of nitrogens with zero attached hydrogens (tertiary/aromatic N) is 1. The molecule has 0 aromatic heterocycles. The van der Waals surface area contributed by atoms with Gasteiger partial charge in [-0.15, -0.1) is 0 Å². The van der Waals surface area contributed by atoms with E-state index >= 15 is 0 Å². The maximum absolute atomic E-state index is 10.4. The van der Waals surface area contributed by atoms with Gasteiger partial charge in [-0.05, 0) is 6.72 Å². The fraction of sp³-hybridized carbons (Fsp3) is 0.667.